The summed E-state index contributed by atoms with van der Waals surface area (Å²) in [6.07, 6.45) is 0. The molecule has 0 saturated carbocycles. The van der Waals surface area contributed by atoms with Gasteiger partial charge in [-0.1, -0.05) is 0 Å². The maximum atomic E-state index is 13.1. The summed E-state index contributed by atoms with van der Waals surface area (Å²) < 4.78 is 14.6. The molecule has 0 spiro atoms. The molecule has 1 N–H and O–H groups in total. The van der Waals surface area contributed by atoms with Crippen LogP contribution in [0, 0.1) is 5.82 Å². The molecule has 0 amide bonds. The molecule has 0 aliphatic carbocycles. The van der Waals surface area contributed by atoms with Gasteiger partial charge in [0.15, 0.2) is 0 Å². The average Bonchev–Trinajstić information content (AvgIpc) is 2.48. The topological polar surface area (TPSA) is 20.2 Å². The van der Waals surface area contributed by atoms with Crippen molar-refractivity contribution < 1.29 is 9.50 Å². The number of benzene rings is 1. The van der Waals surface area contributed by atoms with Gasteiger partial charge in [-0.3, -0.25) is 0 Å². The molecule has 1 aromatic carbocycles. The Labute approximate surface area is 86.9 Å². The van der Waals surface area contributed by atoms with E-state index < -0.39 is 0 Å². The number of hydrogen-bond acceptors (Lipinski definition) is 2. The normalized spacial score (nSPS) is 11.0. The van der Waals surface area contributed by atoms with Crippen LogP contribution < -0.4 is 0 Å². The first-order chi connectivity index (χ1) is 6.22. The van der Waals surface area contributed by atoms with Gasteiger partial charge in [-0.25, -0.2) is 4.39 Å². The second-order valence-corrected chi connectivity index (χ2v) is 4.45. The fraction of sp³-hybridized carbons (Fsp3) is 0.111. The zero-order chi connectivity index (χ0) is 9.42. The number of rotatable bonds is 1. The highest BCUT2D eigenvalue weighted by Crippen LogP contribution is 2.30. The summed E-state index contributed by atoms with van der Waals surface area (Å²) in [4.78, 5) is 0. The molecule has 0 bridgehead atoms. The van der Waals surface area contributed by atoms with Crippen molar-refractivity contribution in [1.29, 1.82) is 0 Å². The molecule has 2 aromatic rings. The third kappa shape index (κ3) is 1.49. The second-order valence-electron chi connectivity index (χ2n) is 2.68. The zero-order valence-corrected chi connectivity index (χ0v) is 8.95. The van der Waals surface area contributed by atoms with Gasteiger partial charge in [0.05, 0.1) is 11.1 Å². The van der Waals surface area contributed by atoms with E-state index in [0.29, 0.717) is 4.47 Å². The summed E-state index contributed by atoms with van der Waals surface area (Å²) in [5, 5.41) is 11.6. The van der Waals surface area contributed by atoms with Gasteiger partial charge < -0.3 is 5.11 Å². The molecule has 68 valence electrons. The monoisotopic (exact) mass is 260 g/mol. The largest absolute Gasteiger partial charge is 0.392 e. The van der Waals surface area contributed by atoms with Crippen LogP contribution in [0.2, 0.25) is 0 Å². The van der Waals surface area contributed by atoms with Crippen LogP contribution in [0.25, 0.3) is 10.1 Å². The molecule has 0 fully saturated rings. The molecule has 13 heavy (non-hydrogen) atoms. The second kappa shape index (κ2) is 3.36. The van der Waals surface area contributed by atoms with Crippen molar-refractivity contribution in [3.05, 3.63) is 33.4 Å². The Hall–Kier alpha value is -0.450. The quantitative estimate of drug-likeness (QED) is 0.835. The standard InChI is InChI=1S/C9H6BrFOS/c10-7-2-9-6(1-8(7)11)5(3-12)4-13-9/h1-2,4,12H,3H2. The Kier molecular flexibility index (Phi) is 2.36. The van der Waals surface area contributed by atoms with E-state index in [9.17, 15) is 4.39 Å². The number of halogens is 2. The first-order valence-corrected chi connectivity index (χ1v) is 5.35. The van der Waals surface area contributed by atoms with E-state index in [-0.39, 0.29) is 12.4 Å². The van der Waals surface area contributed by atoms with Crippen molar-refractivity contribution in [3.8, 4) is 0 Å². The Morgan fingerprint density at radius 2 is 2.23 bits per heavy atom. The summed E-state index contributed by atoms with van der Waals surface area (Å²) in [5.41, 5.74) is 0.784. The molecular formula is C9H6BrFOS. The number of aliphatic hydroxyl groups excluding tert-OH is 1. The van der Waals surface area contributed by atoms with Crippen molar-refractivity contribution in [1.82, 2.24) is 0 Å². The van der Waals surface area contributed by atoms with E-state index in [2.05, 4.69) is 15.9 Å². The van der Waals surface area contributed by atoms with Gasteiger partial charge >= 0.3 is 0 Å². The first-order valence-electron chi connectivity index (χ1n) is 3.68. The molecule has 1 nitrogen and oxygen atoms in total. The molecule has 0 aliphatic heterocycles. The number of fused-ring (bicyclic) bond motifs is 1. The summed E-state index contributed by atoms with van der Waals surface area (Å²) >= 11 is 4.62. The third-order valence-electron chi connectivity index (χ3n) is 1.87. The summed E-state index contributed by atoms with van der Waals surface area (Å²) in [6, 6.07) is 3.18. The van der Waals surface area contributed by atoms with Crippen LogP contribution in [0.15, 0.2) is 22.0 Å². The van der Waals surface area contributed by atoms with Gasteiger partial charge in [0, 0.05) is 10.1 Å². The molecule has 1 heterocycles. The van der Waals surface area contributed by atoms with E-state index in [1.165, 1.54) is 17.4 Å². The molecule has 2 rings (SSSR count). The molecule has 4 heteroatoms. The van der Waals surface area contributed by atoms with E-state index in [0.717, 1.165) is 15.6 Å². The predicted octanol–water partition coefficient (Wildman–Crippen LogP) is 3.30. The number of hydrogen-bond donors (Lipinski definition) is 1. The lowest BCUT2D eigenvalue weighted by Gasteiger charge is -1.96. The lowest BCUT2D eigenvalue weighted by molar-refractivity contribution is 0.284. The SMILES string of the molecule is OCc1csc2cc(Br)c(F)cc12. The molecular weight excluding hydrogens is 255 g/mol. The van der Waals surface area contributed by atoms with E-state index in [1.54, 1.807) is 6.07 Å². The number of thiophene rings is 1. The fourth-order valence-corrected chi connectivity index (χ4v) is 2.67. The van der Waals surface area contributed by atoms with Crippen LogP contribution in [-0.4, -0.2) is 5.11 Å². The van der Waals surface area contributed by atoms with Gasteiger partial charge in [-0.15, -0.1) is 11.3 Å². The highest BCUT2D eigenvalue weighted by molar-refractivity contribution is 9.10. The van der Waals surface area contributed by atoms with Crippen molar-refractivity contribution in [2.24, 2.45) is 0 Å². The van der Waals surface area contributed by atoms with E-state index in [1.807, 2.05) is 5.38 Å². The van der Waals surface area contributed by atoms with Gasteiger partial charge in [0.2, 0.25) is 0 Å². The summed E-state index contributed by atoms with van der Waals surface area (Å²) in [7, 11) is 0. The Morgan fingerprint density at radius 1 is 1.46 bits per heavy atom. The van der Waals surface area contributed by atoms with Crippen molar-refractivity contribution in [2.75, 3.05) is 0 Å². The Morgan fingerprint density at radius 3 is 2.92 bits per heavy atom. The molecule has 0 aliphatic rings. The van der Waals surface area contributed by atoms with Crippen LogP contribution in [-0.2, 0) is 6.61 Å². The Balaban J connectivity index is 2.77. The van der Waals surface area contributed by atoms with E-state index >= 15 is 0 Å². The third-order valence-corrected chi connectivity index (χ3v) is 3.47. The minimum atomic E-state index is -0.291. The molecule has 0 atom stereocenters. The summed E-state index contributed by atoms with van der Waals surface area (Å²) in [5.74, 6) is -0.291. The van der Waals surface area contributed by atoms with E-state index in [4.69, 9.17) is 5.11 Å². The van der Waals surface area contributed by atoms with Crippen LogP contribution in [0.4, 0.5) is 4.39 Å². The first kappa shape index (κ1) is 9.12. The van der Waals surface area contributed by atoms with Gasteiger partial charge in [0.25, 0.3) is 0 Å². The molecule has 0 unspecified atom stereocenters. The highest BCUT2D eigenvalue weighted by Gasteiger charge is 2.07. The molecule has 0 saturated heterocycles. The van der Waals surface area contributed by atoms with Gasteiger partial charge in [0.1, 0.15) is 5.82 Å². The predicted molar refractivity (Wildman–Crippen MR) is 55.4 cm³/mol. The van der Waals surface area contributed by atoms with Crippen molar-refractivity contribution >= 4 is 37.4 Å². The minimum absolute atomic E-state index is 0.0406. The summed E-state index contributed by atoms with van der Waals surface area (Å²) in [6.45, 7) is -0.0406. The van der Waals surface area contributed by atoms with Crippen LogP contribution in [0.3, 0.4) is 0 Å². The maximum absolute atomic E-state index is 13.1. The van der Waals surface area contributed by atoms with Crippen molar-refractivity contribution in [2.45, 2.75) is 6.61 Å². The lowest BCUT2D eigenvalue weighted by Crippen LogP contribution is -1.81. The van der Waals surface area contributed by atoms with Gasteiger partial charge in [-0.2, -0.15) is 0 Å². The molecule has 1 aromatic heterocycles. The van der Waals surface area contributed by atoms with Crippen LogP contribution in [0.5, 0.6) is 0 Å². The minimum Gasteiger partial charge on any atom is -0.392 e. The lowest BCUT2D eigenvalue weighted by atomic mass is 10.2. The average molecular weight is 261 g/mol. The molecule has 0 radical (unpaired) electrons. The highest BCUT2D eigenvalue weighted by atomic mass is 79.9. The number of aliphatic hydroxyl groups is 1. The zero-order valence-electron chi connectivity index (χ0n) is 6.55. The van der Waals surface area contributed by atoms with Crippen LogP contribution in [0.1, 0.15) is 5.56 Å². The van der Waals surface area contributed by atoms with Crippen LogP contribution >= 0.6 is 27.3 Å². The maximum Gasteiger partial charge on any atom is 0.138 e. The van der Waals surface area contributed by atoms with Crippen molar-refractivity contribution in [3.63, 3.8) is 0 Å². The Bertz CT molecular complexity index is 452. The van der Waals surface area contributed by atoms with Gasteiger partial charge in [-0.05, 0) is 39.0 Å². The fourth-order valence-electron chi connectivity index (χ4n) is 1.20. The smallest absolute Gasteiger partial charge is 0.138 e.